The van der Waals surface area contributed by atoms with Gasteiger partial charge in [0.05, 0.1) is 21.5 Å². The van der Waals surface area contributed by atoms with Gasteiger partial charge in [0.1, 0.15) is 11.5 Å². The molecule has 0 atom stereocenters. The minimum Gasteiger partial charge on any atom is -0.383 e. The second kappa shape index (κ2) is 5.98. The Hall–Kier alpha value is -2.56. The van der Waals surface area contributed by atoms with Crippen molar-refractivity contribution in [2.75, 3.05) is 5.73 Å². The molecule has 0 fully saturated rings. The number of anilines is 1. The fraction of sp³-hybridized carbons (Fsp3) is 0.200. The fourth-order valence-corrected chi connectivity index (χ4v) is 2.85. The third kappa shape index (κ3) is 3.27. The average molecular weight is 413 g/mol. The lowest BCUT2D eigenvalue weighted by Gasteiger charge is -2.12. The quantitative estimate of drug-likeness (QED) is 0.563. The Balaban J connectivity index is 2.33. The number of hydrogen-bond acceptors (Lipinski definition) is 3. The molecule has 144 valence electrons. The second-order valence-electron chi connectivity index (χ2n) is 5.59. The van der Waals surface area contributed by atoms with E-state index >= 15 is 0 Å². The van der Waals surface area contributed by atoms with Crippen LogP contribution in [0.3, 0.4) is 0 Å². The first-order chi connectivity index (χ1) is 12.3. The molecule has 0 unspecified atom stereocenters. The van der Waals surface area contributed by atoms with Crippen molar-refractivity contribution in [3.8, 4) is 5.69 Å². The number of rotatable bonds is 1. The summed E-state index contributed by atoms with van der Waals surface area (Å²) in [6.07, 6.45) is -9.75. The Morgan fingerprint density at radius 1 is 1.04 bits per heavy atom. The summed E-state index contributed by atoms with van der Waals surface area (Å²) < 4.78 is 92.8. The molecule has 27 heavy (non-hydrogen) atoms. The lowest BCUT2D eigenvalue weighted by atomic mass is 10.1. The molecule has 0 aliphatic heterocycles. The maximum Gasteiger partial charge on any atom is 0.434 e. The first-order valence-electron chi connectivity index (χ1n) is 7.10. The highest BCUT2D eigenvalue weighted by Crippen LogP contribution is 2.39. The highest BCUT2D eigenvalue weighted by atomic mass is 35.5. The lowest BCUT2D eigenvalue weighted by Crippen LogP contribution is -2.11. The first kappa shape index (κ1) is 19.2. The van der Waals surface area contributed by atoms with E-state index in [0.29, 0.717) is 10.7 Å². The Kier molecular flexibility index (Phi) is 4.25. The number of pyridine rings is 1. The summed E-state index contributed by atoms with van der Waals surface area (Å²) in [5.74, 6) is -2.11. The fourth-order valence-electron chi connectivity index (χ4n) is 2.56. The van der Waals surface area contributed by atoms with E-state index < -0.39 is 51.3 Å². The molecule has 0 saturated carbocycles. The van der Waals surface area contributed by atoms with Gasteiger partial charge in [0.15, 0.2) is 11.5 Å². The van der Waals surface area contributed by atoms with Crippen LogP contribution in [0.1, 0.15) is 17.0 Å². The summed E-state index contributed by atoms with van der Waals surface area (Å²) >= 11 is 5.74. The molecule has 1 aromatic carbocycles. The number of fused-ring (bicyclic) bond motifs is 1. The van der Waals surface area contributed by atoms with Gasteiger partial charge in [-0.25, -0.2) is 14.1 Å². The third-order valence-electron chi connectivity index (χ3n) is 3.64. The molecule has 3 rings (SSSR count). The molecule has 2 heterocycles. The predicted molar refractivity (Wildman–Crippen MR) is 83.0 cm³/mol. The van der Waals surface area contributed by atoms with E-state index in [1.807, 2.05) is 0 Å². The van der Waals surface area contributed by atoms with Crippen LogP contribution in [0.4, 0.5) is 36.6 Å². The molecule has 3 aromatic rings. The Bertz CT molecular complexity index is 1030. The monoisotopic (exact) mass is 412 g/mol. The van der Waals surface area contributed by atoms with Gasteiger partial charge in [-0.2, -0.15) is 31.4 Å². The summed E-state index contributed by atoms with van der Waals surface area (Å²) in [5, 5.41) is 2.45. The van der Waals surface area contributed by atoms with Crippen LogP contribution >= 0.6 is 11.6 Å². The highest BCUT2D eigenvalue weighted by molar-refractivity contribution is 6.32. The SMILES string of the molecule is Cc1cc2nn(-c3c(F)cc(C(F)(F)F)cc3Cl)c(N)c2c(C(F)(F)F)n1. The number of halogens is 8. The van der Waals surface area contributed by atoms with Crippen molar-refractivity contribution in [3.63, 3.8) is 0 Å². The Morgan fingerprint density at radius 3 is 2.19 bits per heavy atom. The van der Waals surface area contributed by atoms with E-state index in [0.717, 1.165) is 0 Å². The first-order valence-corrected chi connectivity index (χ1v) is 7.48. The van der Waals surface area contributed by atoms with E-state index in [1.165, 1.54) is 13.0 Å². The summed E-state index contributed by atoms with van der Waals surface area (Å²) in [4.78, 5) is 3.40. The van der Waals surface area contributed by atoms with Crippen LogP contribution in [0.25, 0.3) is 16.6 Å². The molecule has 0 saturated heterocycles. The molecule has 12 heteroatoms. The molecule has 2 N–H and O–H groups in total. The average Bonchev–Trinajstić information content (AvgIpc) is 2.80. The van der Waals surface area contributed by atoms with Gasteiger partial charge in [0.25, 0.3) is 0 Å². The number of nitrogen functional groups attached to an aromatic ring is 1. The van der Waals surface area contributed by atoms with Crippen molar-refractivity contribution < 1.29 is 30.7 Å². The normalized spacial score (nSPS) is 12.8. The summed E-state index contributed by atoms with van der Waals surface area (Å²) in [6.45, 7) is 1.29. The number of alkyl halides is 6. The third-order valence-corrected chi connectivity index (χ3v) is 3.93. The smallest absolute Gasteiger partial charge is 0.383 e. The minimum atomic E-state index is -4.88. The molecule has 0 radical (unpaired) electrons. The maximum absolute atomic E-state index is 14.3. The zero-order valence-corrected chi connectivity index (χ0v) is 13.9. The van der Waals surface area contributed by atoms with Crippen molar-refractivity contribution in [2.24, 2.45) is 0 Å². The molecule has 0 aliphatic carbocycles. The molecular formula is C15H8ClF7N4. The van der Waals surface area contributed by atoms with E-state index in [1.54, 1.807) is 0 Å². The minimum absolute atomic E-state index is 0.0292. The molecule has 0 amide bonds. The zero-order valence-electron chi connectivity index (χ0n) is 13.2. The van der Waals surface area contributed by atoms with E-state index in [9.17, 15) is 30.7 Å². The van der Waals surface area contributed by atoms with Gasteiger partial charge in [0, 0.05) is 5.69 Å². The van der Waals surface area contributed by atoms with Crippen molar-refractivity contribution >= 4 is 28.3 Å². The molecular weight excluding hydrogens is 405 g/mol. The molecule has 4 nitrogen and oxygen atoms in total. The molecule has 0 aliphatic rings. The van der Waals surface area contributed by atoms with Crippen molar-refractivity contribution in [1.82, 2.24) is 14.8 Å². The van der Waals surface area contributed by atoms with Crippen molar-refractivity contribution in [3.05, 3.63) is 46.0 Å². The van der Waals surface area contributed by atoms with Gasteiger partial charge in [-0.05, 0) is 25.1 Å². The molecule has 2 aromatic heterocycles. The predicted octanol–water partition coefficient (Wildman–Crippen LogP) is 5.14. The lowest BCUT2D eigenvalue weighted by molar-refractivity contribution is -0.140. The van der Waals surface area contributed by atoms with Crippen molar-refractivity contribution in [1.29, 1.82) is 0 Å². The standard InChI is InChI=1S/C15H8ClF7N4/c1-5-2-9-10(12(25-5)15(21,22)23)13(24)27(26-9)11-7(16)3-6(4-8(11)17)14(18,19)20/h2-4H,24H2,1H3. The number of nitrogens with two attached hydrogens (primary N) is 1. The van der Waals surface area contributed by atoms with Gasteiger partial charge >= 0.3 is 12.4 Å². The van der Waals surface area contributed by atoms with E-state index in [-0.39, 0.29) is 17.3 Å². The van der Waals surface area contributed by atoms with Crippen LogP contribution < -0.4 is 5.73 Å². The summed E-state index contributed by atoms with van der Waals surface area (Å²) in [7, 11) is 0. The van der Waals surface area contributed by atoms with E-state index in [4.69, 9.17) is 17.3 Å². The van der Waals surface area contributed by atoms with E-state index in [2.05, 4.69) is 10.1 Å². The van der Waals surface area contributed by atoms with Crippen LogP contribution in [-0.2, 0) is 12.4 Å². The summed E-state index contributed by atoms with van der Waals surface area (Å²) in [5.41, 5.74) is 1.99. The van der Waals surface area contributed by atoms with Crippen LogP contribution in [-0.4, -0.2) is 14.8 Å². The molecule has 0 spiro atoms. The van der Waals surface area contributed by atoms with Gasteiger partial charge in [0.2, 0.25) is 0 Å². The summed E-state index contributed by atoms with van der Waals surface area (Å²) in [6, 6.07) is 1.76. The van der Waals surface area contributed by atoms with Crippen LogP contribution in [0.5, 0.6) is 0 Å². The number of benzene rings is 1. The van der Waals surface area contributed by atoms with Crippen molar-refractivity contribution in [2.45, 2.75) is 19.3 Å². The van der Waals surface area contributed by atoms with Gasteiger partial charge in [-0.15, -0.1) is 0 Å². The number of nitrogens with zero attached hydrogens (tertiary/aromatic N) is 3. The topological polar surface area (TPSA) is 56.7 Å². The Morgan fingerprint density at radius 2 is 1.67 bits per heavy atom. The van der Waals surface area contributed by atoms with Crippen LogP contribution in [0.2, 0.25) is 5.02 Å². The van der Waals surface area contributed by atoms with Crippen LogP contribution in [0.15, 0.2) is 18.2 Å². The Labute approximate surface area is 151 Å². The maximum atomic E-state index is 14.3. The largest absolute Gasteiger partial charge is 0.434 e. The highest BCUT2D eigenvalue weighted by Gasteiger charge is 2.38. The van der Waals surface area contributed by atoms with Gasteiger partial charge in [-0.1, -0.05) is 11.6 Å². The molecule has 0 bridgehead atoms. The second-order valence-corrected chi connectivity index (χ2v) is 5.99. The van der Waals surface area contributed by atoms with Gasteiger partial charge < -0.3 is 5.73 Å². The zero-order chi connectivity index (χ0) is 20.3. The number of hydrogen-bond donors (Lipinski definition) is 1. The number of aromatic nitrogens is 3. The van der Waals surface area contributed by atoms with Gasteiger partial charge in [-0.3, -0.25) is 0 Å². The number of aryl methyl sites for hydroxylation is 1. The van der Waals surface area contributed by atoms with Crippen LogP contribution in [0, 0.1) is 12.7 Å².